The largest absolute Gasteiger partial charge is 0.396 e. The Bertz CT molecular complexity index is 458. The summed E-state index contributed by atoms with van der Waals surface area (Å²) in [6, 6.07) is 1.73. The number of pyridine rings is 1. The predicted octanol–water partition coefficient (Wildman–Crippen LogP) is 1.67. The summed E-state index contributed by atoms with van der Waals surface area (Å²) in [4.78, 5) is 17.4. The van der Waals surface area contributed by atoms with Crippen LogP contribution < -0.4 is 16.0 Å². The van der Waals surface area contributed by atoms with Gasteiger partial charge in [0.05, 0.1) is 10.7 Å². The Hall–Kier alpha value is -1.49. The molecule has 0 atom stereocenters. The van der Waals surface area contributed by atoms with Crippen molar-refractivity contribution in [2.45, 2.75) is 19.8 Å². The van der Waals surface area contributed by atoms with Crippen LogP contribution in [0.5, 0.6) is 0 Å². The molecular weight excluding hydrogens is 264 g/mol. The average molecular weight is 283 g/mol. The molecule has 0 unspecified atom stereocenters. The Morgan fingerprint density at radius 1 is 1.58 bits per heavy atom. The van der Waals surface area contributed by atoms with E-state index in [9.17, 15) is 4.79 Å². The molecule has 1 aromatic rings. The van der Waals surface area contributed by atoms with E-state index < -0.39 is 0 Å². The lowest BCUT2D eigenvalue weighted by molar-refractivity contribution is -0.119. The molecule has 3 N–H and O–H groups in total. The van der Waals surface area contributed by atoms with Crippen LogP contribution in [0, 0.1) is 5.92 Å². The monoisotopic (exact) mass is 282 g/mol. The number of amides is 1. The molecule has 1 saturated heterocycles. The highest BCUT2D eigenvalue weighted by Gasteiger charge is 2.21. The second-order valence-corrected chi connectivity index (χ2v) is 5.37. The molecule has 0 saturated carbocycles. The third-order valence-corrected chi connectivity index (χ3v) is 3.62. The molecule has 6 heteroatoms. The zero-order valence-corrected chi connectivity index (χ0v) is 11.8. The number of nitrogens with zero attached hydrogens (tertiary/aromatic N) is 2. The molecule has 1 aliphatic rings. The molecule has 0 spiro atoms. The van der Waals surface area contributed by atoms with Gasteiger partial charge in [0.1, 0.15) is 0 Å². The van der Waals surface area contributed by atoms with E-state index in [1.807, 2.05) is 0 Å². The van der Waals surface area contributed by atoms with E-state index in [0.29, 0.717) is 16.6 Å². The van der Waals surface area contributed by atoms with E-state index in [0.717, 1.165) is 38.3 Å². The lowest BCUT2D eigenvalue weighted by atomic mass is 9.96. The molecule has 19 heavy (non-hydrogen) atoms. The van der Waals surface area contributed by atoms with Crippen molar-refractivity contribution in [1.29, 1.82) is 0 Å². The van der Waals surface area contributed by atoms with Crippen LogP contribution in [0.15, 0.2) is 12.3 Å². The maximum Gasteiger partial charge on any atom is 0.216 e. The van der Waals surface area contributed by atoms with Gasteiger partial charge in [-0.25, -0.2) is 4.98 Å². The topological polar surface area (TPSA) is 71.2 Å². The number of anilines is 2. The number of carbonyl (C=O) groups excluding carboxylic acids is 1. The van der Waals surface area contributed by atoms with Crippen molar-refractivity contribution in [3.05, 3.63) is 17.3 Å². The Labute approximate surface area is 118 Å². The summed E-state index contributed by atoms with van der Waals surface area (Å²) in [5.41, 5.74) is 6.56. The van der Waals surface area contributed by atoms with E-state index in [2.05, 4.69) is 15.2 Å². The first-order valence-electron chi connectivity index (χ1n) is 6.46. The third-order valence-electron chi connectivity index (χ3n) is 3.42. The number of nitrogen functional groups attached to an aromatic ring is 1. The van der Waals surface area contributed by atoms with E-state index >= 15 is 0 Å². The first kappa shape index (κ1) is 13.9. The molecule has 2 rings (SSSR count). The number of piperidine rings is 1. The van der Waals surface area contributed by atoms with Crippen molar-refractivity contribution in [1.82, 2.24) is 10.3 Å². The van der Waals surface area contributed by atoms with Crippen LogP contribution in [0.25, 0.3) is 0 Å². The Kier molecular flexibility index (Phi) is 4.47. The van der Waals surface area contributed by atoms with E-state index in [-0.39, 0.29) is 5.91 Å². The van der Waals surface area contributed by atoms with Gasteiger partial charge in [-0.05, 0) is 24.8 Å². The Morgan fingerprint density at radius 2 is 2.26 bits per heavy atom. The number of halogens is 1. The molecule has 5 nitrogen and oxygen atoms in total. The lowest BCUT2D eigenvalue weighted by Gasteiger charge is -2.33. The first-order valence-corrected chi connectivity index (χ1v) is 6.84. The number of hydrogen-bond donors (Lipinski definition) is 2. The van der Waals surface area contributed by atoms with Crippen molar-refractivity contribution in [2.75, 3.05) is 30.3 Å². The fourth-order valence-corrected chi connectivity index (χ4v) is 2.52. The van der Waals surface area contributed by atoms with Gasteiger partial charge in [-0.15, -0.1) is 0 Å². The molecule has 0 aromatic carbocycles. The van der Waals surface area contributed by atoms with Crippen molar-refractivity contribution < 1.29 is 4.79 Å². The van der Waals surface area contributed by atoms with Crippen LogP contribution in [0.4, 0.5) is 11.5 Å². The minimum absolute atomic E-state index is 0.0334. The maximum absolute atomic E-state index is 10.9. The van der Waals surface area contributed by atoms with Gasteiger partial charge >= 0.3 is 0 Å². The van der Waals surface area contributed by atoms with Gasteiger partial charge in [-0.2, -0.15) is 0 Å². The number of nitrogens with one attached hydrogen (secondary N) is 1. The number of hydrogen-bond acceptors (Lipinski definition) is 4. The quantitative estimate of drug-likeness (QED) is 0.885. The zero-order valence-electron chi connectivity index (χ0n) is 11.0. The van der Waals surface area contributed by atoms with Crippen LogP contribution in [-0.4, -0.2) is 30.5 Å². The van der Waals surface area contributed by atoms with Crippen LogP contribution >= 0.6 is 11.6 Å². The smallest absolute Gasteiger partial charge is 0.216 e. The van der Waals surface area contributed by atoms with Gasteiger partial charge in [0.25, 0.3) is 0 Å². The lowest BCUT2D eigenvalue weighted by Crippen LogP contribution is -2.38. The predicted molar refractivity (Wildman–Crippen MR) is 77.3 cm³/mol. The van der Waals surface area contributed by atoms with Gasteiger partial charge in [0.2, 0.25) is 5.91 Å². The van der Waals surface area contributed by atoms with Crippen LogP contribution in [0.3, 0.4) is 0 Å². The summed E-state index contributed by atoms with van der Waals surface area (Å²) in [6.07, 6.45) is 3.69. The molecule has 0 radical (unpaired) electrons. The van der Waals surface area contributed by atoms with Crippen molar-refractivity contribution in [3.8, 4) is 0 Å². The molecule has 2 heterocycles. The molecule has 1 aromatic heterocycles. The minimum Gasteiger partial charge on any atom is -0.396 e. The van der Waals surface area contributed by atoms with E-state index in [4.69, 9.17) is 17.3 Å². The molecule has 1 aliphatic heterocycles. The summed E-state index contributed by atoms with van der Waals surface area (Å²) in [6.45, 7) is 4.12. The van der Waals surface area contributed by atoms with Gasteiger partial charge < -0.3 is 16.0 Å². The number of rotatable bonds is 3. The molecule has 0 bridgehead atoms. The molecule has 104 valence electrons. The van der Waals surface area contributed by atoms with Gasteiger partial charge in [-0.3, -0.25) is 4.79 Å². The normalized spacial score (nSPS) is 16.4. The number of aromatic nitrogens is 1. The fourth-order valence-electron chi connectivity index (χ4n) is 2.35. The standard InChI is InChI=1S/C13H19ClN4O/c1-9(19)16-7-10-2-4-18(5-3-10)13-12(15)6-11(14)8-17-13/h6,8,10H,2-5,7,15H2,1H3,(H,16,19). The summed E-state index contributed by atoms with van der Waals surface area (Å²) in [7, 11) is 0. The highest BCUT2D eigenvalue weighted by molar-refractivity contribution is 6.30. The summed E-state index contributed by atoms with van der Waals surface area (Å²) < 4.78 is 0. The van der Waals surface area contributed by atoms with Crippen LogP contribution in [0.2, 0.25) is 5.02 Å². The highest BCUT2D eigenvalue weighted by atomic mass is 35.5. The Morgan fingerprint density at radius 3 is 2.84 bits per heavy atom. The number of carbonyl (C=O) groups is 1. The second kappa shape index (κ2) is 6.10. The van der Waals surface area contributed by atoms with Gasteiger partial charge in [0.15, 0.2) is 5.82 Å². The van der Waals surface area contributed by atoms with Gasteiger partial charge in [0, 0.05) is 32.8 Å². The zero-order chi connectivity index (χ0) is 13.8. The van der Waals surface area contributed by atoms with E-state index in [1.54, 1.807) is 19.2 Å². The summed E-state index contributed by atoms with van der Waals surface area (Å²) >= 11 is 5.85. The van der Waals surface area contributed by atoms with Crippen LogP contribution in [0.1, 0.15) is 19.8 Å². The van der Waals surface area contributed by atoms with Crippen molar-refractivity contribution in [3.63, 3.8) is 0 Å². The maximum atomic E-state index is 10.9. The summed E-state index contributed by atoms with van der Waals surface area (Å²) in [5.74, 6) is 1.38. The molecular formula is C13H19ClN4O. The number of nitrogens with two attached hydrogens (primary N) is 1. The highest BCUT2D eigenvalue weighted by Crippen LogP contribution is 2.27. The van der Waals surface area contributed by atoms with Crippen molar-refractivity contribution in [2.24, 2.45) is 5.92 Å². The van der Waals surface area contributed by atoms with E-state index in [1.165, 1.54) is 0 Å². The second-order valence-electron chi connectivity index (χ2n) is 4.93. The van der Waals surface area contributed by atoms with Gasteiger partial charge in [-0.1, -0.05) is 11.6 Å². The SMILES string of the molecule is CC(=O)NCC1CCN(c2ncc(Cl)cc2N)CC1. The minimum atomic E-state index is 0.0334. The molecule has 0 aliphatic carbocycles. The summed E-state index contributed by atoms with van der Waals surface area (Å²) in [5, 5.41) is 3.43. The Balaban J connectivity index is 1.90. The molecule has 1 fully saturated rings. The third kappa shape index (κ3) is 3.73. The first-order chi connectivity index (χ1) is 9.06. The molecule has 1 amide bonds. The average Bonchev–Trinajstić information content (AvgIpc) is 2.37. The van der Waals surface area contributed by atoms with Crippen molar-refractivity contribution >= 4 is 29.0 Å². The fraction of sp³-hybridized carbons (Fsp3) is 0.538. The van der Waals surface area contributed by atoms with Crippen LogP contribution in [-0.2, 0) is 4.79 Å².